The number of benzene rings is 2. The molecule has 6 rings (SSSR count). The second kappa shape index (κ2) is 12.1. The van der Waals surface area contributed by atoms with Gasteiger partial charge in [-0.3, -0.25) is 15.0 Å². The molecule has 0 fully saturated rings. The Labute approximate surface area is 230 Å². The van der Waals surface area contributed by atoms with E-state index in [2.05, 4.69) is 82.5 Å². The summed E-state index contributed by atoms with van der Waals surface area (Å²) in [5.41, 5.74) is 11.5. The Balaban J connectivity index is 0.000000198. The van der Waals surface area contributed by atoms with Crippen LogP contribution in [0.1, 0.15) is 17.0 Å². The van der Waals surface area contributed by atoms with E-state index < -0.39 is 0 Å². The molecule has 0 unspecified atom stereocenters. The smallest absolute Gasteiger partial charge is 0.0893 e. The summed E-state index contributed by atoms with van der Waals surface area (Å²) in [6, 6.07) is 40.8. The molecule has 190 valence electrons. The van der Waals surface area contributed by atoms with Gasteiger partial charge in [-0.05, 0) is 86.0 Å². The molecule has 0 saturated heterocycles. The molecule has 4 nitrogen and oxygen atoms in total. The second-order valence-electron chi connectivity index (χ2n) is 9.31. The van der Waals surface area contributed by atoms with Crippen molar-refractivity contribution in [3.05, 3.63) is 144 Å². The molecule has 0 radical (unpaired) electrons. The molecule has 6 aromatic rings. The Morgan fingerprint density at radius 1 is 0.359 bits per heavy atom. The SMILES string of the molecule is Cc1cccc(-c2cccc(-c3ccccc3-c3ccccc3C)n2)n1.Cc1cccc(-c2ccccn2)n1. The van der Waals surface area contributed by atoms with Gasteiger partial charge in [-0.15, -0.1) is 0 Å². The zero-order valence-corrected chi connectivity index (χ0v) is 22.4. The molecule has 0 bridgehead atoms. The van der Waals surface area contributed by atoms with Crippen molar-refractivity contribution in [3.63, 3.8) is 0 Å². The van der Waals surface area contributed by atoms with Crippen LogP contribution in [0.15, 0.2) is 128 Å². The molecule has 0 N–H and O–H groups in total. The normalized spacial score (nSPS) is 10.4. The van der Waals surface area contributed by atoms with E-state index >= 15 is 0 Å². The van der Waals surface area contributed by atoms with E-state index in [4.69, 9.17) is 4.98 Å². The molecule has 0 saturated carbocycles. The average molecular weight is 507 g/mol. The largest absolute Gasteiger partial charge is 0.255 e. The topological polar surface area (TPSA) is 51.6 Å². The fraction of sp³-hybridized carbons (Fsp3) is 0.0857. The fourth-order valence-corrected chi connectivity index (χ4v) is 4.43. The van der Waals surface area contributed by atoms with E-state index in [1.165, 1.54) is 16.7 Å². The number of aromatic nitrogens is 4. The number of rotatable bonds is 4. The van der Waals surface area contributed by atoms with Gasteiger partial charge < -0.3 is 0 Å². The lowest BCUT2D eigenvalue weighted by Gasteiger charge is -2.12. The van der Waals surface area contributed by atoms with Crippen LogP contribution in [0, 0.1) is 20.8 Å². The van der Waals surface area contributed by atoms with E-state index in [1.807, 2.05) is 74.5 Å². The minimum absolute atomic E-state index is 0.894. The molecule has 0 spiro atoms. The summed E-state index contributed by atoms with van der Waals surface area (Å²) >= 11 is 0. The third-order valence-electron chi connectivity index (χ3n) is 6.35. The highest BCUT2D eigenvalue weighted by atomic mass is 14.8. The lowest BCUT2D eigenvalue weighted by atomic mass is 9.94. The fourth-order valence-electron chi connectivity index (χ4n) is 4.43. The van der Waals surface area contributed by atoms with Gasteiger partial charge >= 0.3 is 0 Å². The van der Waals surface area contributed by atoms with Gasteiger partial charge in [0.2, 0.25) is 0 Å². The van der Waals surface area contributed by atoms with Gasteiger partial charge in [-0.1, -0.05) is 72.8 Å². The number of nitrogens with zero attached hydrogens (tertiary/aromatic N) is 4. The van der Waals surface area contributed by atoms with Crippen molar-refractivity contribution in [1.82, 2.24) is 19.9 Å². The van der Waals surface area contributed by atoms with E-state index in [0.29, 0.717) is 0 Å². The van der Waals surface area contributed by atoms with Crippen molar-refractivity contribution in [2.24, 2.45) is 0 Å². The van der Waals surface area contributed by atoms with E-state index in [-0.39, 0.29) is 0 Å². The molecular weight excluding hydrogens is 476 g/mol. The van der Waals surface area contributed by atoms with Crippen LogP contribution in [0.5, 0.6) is 0 Å². The highest BCUT2D eigenvalue weighted by Gasteiger charge is 2.11. The third-order valence-corrected chi connectivity index (χ3v) is 6.35. The standard InChI is InChI=1S/C24H20N2.C11H10N2/c1-17-9-3-4-11-19(17)20-12-5-6-13-21(20)22-14-8-16-24(26-22)23-15-7-10-18(2)25-23;1-9-5-4-7-11(13-9)10-6-2-3-8-12-10/h3-16H,1-2H3;2-8H,1H3. The van der Waals surface area contributed by atoms with Crippen molar-refractivity contribution >= 4 is 0 Å². The Morgan fingerprint density at radius 2 is 0.846 bits per heavy atom. The van der Waals surface area contributed by atoms with Crippen LogP contribution in [0.4, 0.5) is 0 Å². The average Bonchev–Trinajstić information content (AvgIpc) is 2.98. The maximum atomic E-state index is 4.91. The Kier molecular flexibility index (Phi) is 7.94. The van der Waals surface area contributed by atoms with Gasteiger partial charge in [0.25, 0.3) is 0 Å². The van der Waals surface area contributed by atoms with Crippen molar-refractivity contribution in [2.75, 3.05) is 0 Å². The second-order valence-corrected chi connectivity index (χ2v) is 9.31. The van der Waals surface area contributed by atoms with Gasteiger partial charge in [-0.25, -0.2) is 4.98 Å². The van der Waals surface area contributed by atoms with Gasteiger partial charge in [0.1, 0.15) is 0 Å². The predicted molar refractivity (Wildman–Crippen MR) is 160 cm³/mol. The van der Waals surface area contributed by atoms with Crippen molar-refractivity contribution in [2.45, 2.75) is 20.8 Å². The molecule has 4 heteroatoms. The zero-order chi connectivity index (χ0) is 27.0. The van der Waals surface area contributed by atoms with Crippen LogP contribution in [-0.2, 0) is 0 Å². The highest BCUT2D eigenvalue weighted by Crippen LogP contribution is 2.33. The maximum absolute atomic E-state index is 4.91. The molecule has 4 aromatic heterocycles. The van der Waals surface area contributed by atoms with Gasteiger partial charge in [0.05, 0.1) is 28.5 Å². The van der Waals surface area contributed by atoms with Crippen LogP contribution < -0.4 is 0 Å². The third kappa shape index (κ3) is 6.31. The first kappa shape index (κ1) is 25.7. The highest BCUT2D eigenvalue weighted by molar-refractivity contribution is 5.83. The number of pyridine rings is 4. The minimum Gasteiger partial charge on any atom is -0.255 e. The molecule has 0 aliphatic rings. The van der Waals surface area contributed by atoms with Gasteiger partial charge in [-0.2, -0.15) is 0 Å². The summed E-state index contributed by atoms with van der Waals surface area (Å²) in [7, 11) is 0. The lowest BCUT2D eigenvalue weighted by molar-refractivity contribution is 1.18. The Hall–Kier alpha value is -4.96. The monoisotopic (exact) mass is 506 g/mol. The van der Waals surface area contributed by atoms with E-state index in [1.54, 1.807) is 6.20 Å². The summed E-state index contributed by atoms with van der Waals surface area (Å²) in [6.07, 6.45) is 1.78. The molecule has 0 aliphatic heterocycles. The summed E-state index contributed by atoms with van der Waals surface area (Å²) < 4.78 is 0. The number of hydrogen-bond donors (Lipinski definition) is 0. The molecule has 0 amide bonds. The summed E-state index contributed by atoms with van der Waals surface area (Å²) in [6.45, 7) is 6.12. The first-order valence-electron chi connectivity index (χ1n) is 13.0. The number of hydrogen-bond acceptors (Lipinski definition) is 4. The predicted octanol–water partition coefficient (Wildman–Crippen LogP) is 8.55. The Morgan fingerprint density at radius 3 is 1.46 bits per heavy atom. The molecular formula is C35H30N4. The lowest BCUT2D eigenvalue weighted by Crippen LogP contribution is -1.93. The van der Waals surface area contributed by atoms with E-state index in [0.717, 1.165) is 45.4 Å². The molecule has 2 aromatic carbocycles. The van der Waals surface area contributed by atoms with Crippen LogP contribution in [0.2, 0.25) is 0 Å². The minimum atomic E-state index is 0.894. The first-order valence-corrected chi connectivity index (χ1v) is 13.0. The van der Waals surface area contributed by atoms with Crippen LogP contribution in [0.25, 0.3) is 45.2 Å². The van der Waals surface area contributed by atoms with Crippen LogP contribution in [-0.4, -0.2) is 19.9 Å². The van der Waals surface area contributed by atoms with Crippen molar-refractivity contribution < 1.29 is 0 Å². The Bertz CT molecular complexity index is 1690. The summed E-state index contributed by atoms with van der Waals surface area (Å²) in [5.74, 6) is 0. The molecule has 0 atom stereocenters. The number of aryl methyl sites for hydroxylation is 3. The van der Waals surface area contributed by atoms with Crippen molar-refractivity contribution in [1.29, 1.82) is 0 Å². The summed E-state index contributed by atoms with van der Waals surface area (Å²) in [5, 5.41) is 0. The van der Waals surface area contributed by atoms with Gasteiger partial charge in [0.15, 0.2) is 0 Å². The van der Waals surface area contributed by atoms with Gasteiger partial charge in [0, 0.05) is 23.1 Å². The summed E-state index contributed by atoms with van der Waals surface area (Å²) in [4.78, 5) is 18.1. The van der Waals surface area contributed by atoms with E-state index in [9.17, 15) is 0 Å². The van der Waals surface area contributed by atoms with Crippen LogP contribution >= 0.6 is 0 Å². The quantitative estimate of drug-likeness (QED) is 0.240. The molecule has 4 heterocycles. The van der Waals surface area contributed by atoms with Crippen LogP contribution in [0.3, 0.4) is 0 Å². The first-order chi connectivity index (χ1) is 19.1. The maximum Gasteiger partial charge on any atom is 0.0893 e. The zero-order valence-electron chi connectivity index (χ0n) is 22.4. The van der Waals surface area contributed by atoms with Crippen molar-refractivity contribution in [3.8, 4) is 45.2 Å². The molecule has 0 aliphatic carbocycles. The molecule has 39 heavy (non-hydrogen) atoms.